The van der Waals surface area contributed by atoms with E-state index in [0.29, 0.717) is 17.1 Å². The predicted molar refractivity (Wildman–Crippen MR) is 121 cm³/mol. The fourth-order valence-electron chi connectivity index (χ4n) is 2.98. The summed E-state index contributed by atoms with van der Waals surface area (Å²) in [6.07, 6.45) is 0. The number of para-hydroxylation sites is 1. The molecule has 32 heavy (non-hydrogen) atoms. The van der Waals surface area contributed by atoms with Gasteiger partial charge in [0, 0.05) is 12.7 Å². The van der Waals surface area contributed by atoms with E-state index in [-0.39, 0.29) is 22.8 Å². The molecule has 0 atom stereocenters. The fourth-order valence-corrected chi connectivity index (χ4v) is 4.22. The normalized spacial score (nSPS) is 11.0. The molecule has 166 valence electrons. The zero-order valence-electron chi connectivity index (χ0n) is 17.9. The van der Waals surface area contributed by atoms with Gasteiger partial charge in [-0.1, -0.05) is 24.3 Å². The molecule has 1 N–H and O–H groups in total. The van der Waals surface area contributed by atoms with E-state index in [9.17, 15) is 18.0 Å². The number of nitrogens with zero attached hydrogens (tertiary/aromatic N) is 2. The Morgan fingerprint density at radius 1 is 1.03 bits per heavy atom. The highest BCUT2D eigenvalue weighted by Gasteiger charge is 2.22. The maximum Gasteiger partial charge on any atom is 0.339 e. The van der Waals surface area contributed by atoms with Crippen molar-refractivity contribution in [2.24, 2.45) is 0 Å². The van der Waals surface area contributed by atoms with Gasteiger partial charge in [-0.05, 0) is 56.3 Å². The van der Waals surface area contributed by atoms with E-state index in [1.165, 1.54) is 35.6 Å². The molecule has 9 heteroatoms. The van der Waals surface area contributed by atoms with E-state index >= 15 is 0 Å². The van der Waals surface area contributed by atoms with Crippen LogP contribution in [0.2, 0.25) is 0 Å². The molecule has 8 nitrogen and oxygen atoms in total. The van der Waals surface area contributed by atoms with Crippen molar-refractivity contribution in [2.45, 2.75) is 18.7 Å². The predicted octanol–water partition coefficient (Wildman–Crippen LogP) is 3.64. The van der Waals surface area contributed by atoms with Crippen LogP contribution >= 0.6 is 0 Å². The molecule has 0 bridgehead atoms. The first kappa shape index (κ1) is 23.0. The molecule has 0 spiro atoms. The Morgan fingerprint density at radius 3 is 2.41 bits per heavy atom. The van der Waals surface area contributed by atoms with Crippen molar-refractivity contribution in [2.75, 3.05) is 23.3 Å². The molecule has 0 aliphatic rings. The first-order valence-electron chi connectivity index (χ1n) is 9.84. The molecule has 0 aliphatic carbocycles. The summed E-state index contributed by atoms with van der Waals surface area (Å²) >= 11 is 0. The summed E-state index contributed by atoms with van der Waals surface area (Å²) in [5, 5.41) is 2.65. The molecule has 0 saturated carbocycles. The average molecular weight is 454 g/mol. The monoisotopic (exact) mass is 453 g/mol. The number of anilines is 2. The minimum absolute atomic E-state index is 0.0310. The largest absolute Gasteiger partial charge is 0.462 e. The second kappa shape index (κ2) is 9.61. The van der Waals surface area contributed by atoms with Gasteiger partial charge in [0.15, 0.2) is 0 Å². The maximum absolute atomic E-state index is 13.0. The lowest BCUT2D eigenvalue weighted by Crippen LogP contribution is -2.26. The summed E-state index contributed by atoms with van der Waals surface area (Å²) in [7, 11) is -2.36. The lowest BCUT2D eigenvalue weighted by molar-refractivity contribution is 0.0524. The van der Waals surface area contributed by atoms with Gasteiger partial charge >= 0.3 is 5.97 Å². The van der Waals surface area contributed by atoms with E-state index in [0.717, 1.165) is 0 Å². The van der Waals surface area contributed by atoms with Crippen molar-refractivity contribution < 1.29 is 22.7 Å². The molecule has 0 aliphatic heterocycles. The molecule has 0 saturated heterocycles. The van der Waals surface area contributed by atoms with E-state index in [2.05, 4.69) is 10.3 Å². The number of carbonyl (C=O) groups excluding carboxylic acids is 2. The molecule has 1 amide bonds. The number of hydrogen-bond acceptors (Lipinski definition) is 6. The summed E-state index contributed by atoms with van der Waals surface area (Å²) < 4.78 is 32.1. The molecular weight excluding hydrogens is 430 g/mol. The molecule has 2 aromatic carbocycles. The van der Waals surface area contributed by atoms with Gasteiger partial charge < -0.3 is 10.1 Å². The van der Waals surface area contributed by atoms with Gasteiger partial charge in [0.1, 0.15) is 5.69 Å². The average Bonchev–Trinajstić information content (AvgIpc) is 2.79. The Kier molecular flexibility index (Phi) is 6.89. The molecule has 0 unspecified atom stereocenters. The van der Waals surface area contributed by atoms with Crippen LogP contribution in [-0.4, -0.2) is 38.9 Å². The van der Waals surface area contributed by atoms with Crippen LogP contribution in [0.15, 0.2) is 71.6 Å². The number of ether oxygens (including phenoxy) is 1. The Balaban J connectivity index is 1.81. The molecule has 0 radical (unpaired) electrons. The van der Waals surface area contributed by atoms with E-state index in [4.69, 9.17) is 4.74 Å². The van der Waals surface area contributed by atoms with E-state index in [1.54, 1.807) is 56.3 Å². The number of hydrogen-bond donors (Lipinski definition) is 1. The van der Waals surface area contributed by atoms with E-state index in [1.807, 2.05) is 0 Å². The third-order valence-electron chi connectivity index (χ3n) is 4.68. The molecular formula is C23H23N3O5S. The number of pyridine rings is 1. The Bertz CT molecular complexity index is 1240. The third-order valence-corrected chi connectivity index (χ3v) is 6.47. The zero-order chi connectivity index (χ0) is 23.3. The van der Waals surface area contributed by atoms with Gasteiger partial charge in [-0.2, -0.15) is 0 Å². The number of nitrogens with one attached hydrogen (secondary N) is 1. The Morgan fingerprint density at radius 2 is 1.75 bits per heavy atom. The smallest absolute Gasteiger partial charge is 0.339 e. The number of amides is 1. The van der Waals surface area contributed by atoms with Gasteiger partial charge in [0.05, 0.1) is 28.4 Å². The highest BCUT2D eigenvalue weighted by Crippen LogP contribution is 2.24. The van der Waals surface area contributed by atoms with Crippen LogP contribution in [0.5, 0.6) is 0 Å². The van der Waals surface area contributed by atoms with Crippen LogP contribution in [0.3, 0.4) is 0 Å². The summed E-state index contributed by atoms with van der Waals surface area (Å²) in [5.74, 6) is -1.04. The number of aryl methyl sites for hydroxylation is 1. The zero-order valence-corrected chi connectivity index (χ0v) is 18.7. The third kappa shape index (κ3) is 4.94. The minimum Gasteiger partial charge on any atom is -0.462 e. The van der Waals surface area contributed by atoms with Crippen LogP contribution in [0, 0.1) is 6.92 Å². The second-order valence-corrected chi connectivity index (χ2v) is 8.81. The lowest BCUT2D eigenvalue weighted by Gasteiger charge is -2.19. The van der Waals surface area contributed by atoms with Crippen molar-refractivity contribution in [3.05, 3.63) is 83.7 Å². The quantitative estimate of drug-likeness (QED) is 0.548. The summed E-state index contributed by atoms with van der Waals surface area (Å²) in [5.41, 5.74) is 1.54. The van der Waals surface area contributed by atoms with Gasteiger partial charge in [0.25, 0.3) is 15.9 Å². The van der Waals surface area contributed by atoms with Crippen molar-refractivity contribution in [3.63, 3.8) is 0 Å². The topological polar surface area (TPSA) is 106 Å². The number of benzene rings is 2. The highest BCUT2D eigenvalue weighted by atomic mass is 32.2. The van der Waals surface area contributed by atoms with Gasteiger partial charge in [-0.25, -0.2) is 18.2 Å². The van der Waals surface area contributed by atoms with Crippen LogP contribution < -0.4 is 9.62 Å². The number of aromatic nitrogens is 1. The molecule has 0 fully saturated rings. The number of rotatable bonds is 7. The van der Waals surface area contributed by atoms with Crippen molar-refractivity contribution in [1.29, 1.82) is 0 Å². The summed E-state index contributed by atoms with van der Waals surface area (Å²) in [6.45, 7) is 3.54. The number of esters is 1. The van der Waals surface area contributed by atoms with Crippen molar-refractivity contribution >= 4 is 33.3 Å². The Labute approximate surface area is 186 Å². The fraction of sp³-hybridized carbons (Fsp3) is 0.174. The molecule has 1 aromatic heterocycles. The van der Waals surface area contributed by atoms with Gasteiger partial charge in [0.2, 0.25) is 0 Å². The van der Waals surface area contributed by atoms with Crippen molar-refractivity contribution in [1.82, 2.24) is 4.98 Å². The minimum atomic E-state index is -3.83. The summed E-state index contributed by atoms with van der Waals surface area (Å²) in [6, 6.07) is 17.5. The standard InChI is InChI=1S/C23H23N3O5S/c1-4-31-23(28)20-13-14-21(24-16(20)2)22(27)25-17-9-8-12-19(15-17)32(29,30)26(3)18-10-6-5-7-11-18/h5-15H,4H2,1-3H3,(H,25,27). The Hall–Kier alpha value is -3.72. The maximum atomic E-state index is 13.0. The number of carbonyl (C=O) groups is 2. The molecule has 1 heterocycles. The summed E-state index contributed by atoms with van der Waals surface area (Å²) in [4.78, 5) is 28.7. The first-order chi connectivity index (χ1) is 15.2. The highest BCUT2D eigenvalue weighted by molar-refractivity contribution is 7.92. The van der Waals surface area contributed by atoms with Gasteiger partial charge in [-0.3, -0.25) is 9.10 Å². The second-order valence-electron chi connectivity index (χ2n) is 6.84. The van der Waals surface area contributed by atoms with Crippen LogP contribution in [0.1, 0.15) is 33.5 Å². The van der Waals surface area contributed by atoms with Crippen LogP contribution in [0.25, 0.3) is 0 Å². The first-order valence-corrected chi connectivity index (χ1v) is 11.3. The number of sulfonamides is 1. The molecule has 3 aromatic rings. The van der Waals surface area contributed by atoms with Crippen LogP contribution in [-0.2, 0) is 14.8 Å². The SMILES string of the molecule is CCOC(=O)c1ccc(C(=O)Nc2cccc(S(=O)(=O)N(C)c3ccccc3)c2)nc1C. The lowest BCUT2D eigenvalue weighted by atomic mass is 10.2. The molecule has 3 rings (SSSR count). The van der Waals surface area contributed by atoms with Gasteiger partial charge in [-0.15, -0.1) is 0 Å². The van der Waals surface area contributed by atoms with E-state index < -0.39 is 21.9 Å². The van der Waals surface area contributed by atoms with Crippen molar-refractivity contribution in [3.8, 4) is 0 Å². The van der Waals surface area contributed by atoms with Crippen LogP contribution in [0.4, 0.5) is 11.4 Å².